The Hall–Kier alpha value is -2.95. The molecule has 2 aromatic heterocycles. The van der Waals surface area contributed by atoms with Gasteiger partial charge in [0.25, 0.3) is 5.91 Å². The first-order valence-electron chi connectivity index (χ1n) is 7.51. The molecule has 3 heterocycles. The van der Waals surface area contributed by atoms with Crippen molar-refractivity contribution in [3.05, 3.63) is 23.5 Å². The van der Waals surface area contributed by atoms with Crippen LogP contribution in [0.15, 0.2) is 23.0 Å². The molecule has 10 nitrogen and oxygen atoms in total. The monoisotopic (exact) mass is 362 g/mol. The third-order valence-electron chi connectivity index (χ3n) is 3.80. The van der Waals surface area contributed by atoms with E-state index in [-0.39, 0.29) is 22.4 Å². The molecule has 3 amide bonds. The van der Waals surface area contributed by atoms with Crippen molar-refractivity contribution in [3.8, 4) is 0 Å². The Labute approximate surface area is 142 Å². The summed E-state index contributed by atoms with van der Waals surface area (Å²) in [5, 5.41) is 11.8. The summed E-state index contributed by atoms with van der Waals surface area (Å²) in [5.41, 5.74) is 0.729. The van der Waals surface area contributed by atoms with Crippen LogP contribution < -0.4 is 16.0 Å². The van der Waals surface area contributed by atoms with Gasteiger partial charge in [-0.05, 0) is 18.9 Å². The van der Waals surface area contributed by atoms with E-state index in [1.807, 2.05) is 0 Å². The van der Waals surface area contributed by atoms with Crippen LogP contribution in [0.25, 0.3) is 11.7 Å². The summed E-state index contributed by atoms with van der Waals surface area (Å²) in [6.45, 7) is 0. The summed E-state index contributed by atoms with van der Waals surface area (Å²) >= 11 is 0. The second-order valence-corrected chi connectivity index (χ2v) is 7.93. The highest BCUT2D eigenvalue weighted by Crippen LogP contribution is 2.27. The highest BCUT2D eigenvalue weighted by molar-refractivity contribution is 7.90. The molecule has 11 heteroatoms. The lowest BCUT2D eigenvalue weighted by Crippen LogP contribution is -2.22. The van der Waals surface area contributed by atoms with E-state index in [4.69, 9.17) is 0 Å². The van der Waals surface area contributed by atoms with Gasteiger partial charge in [0.15, 0.2) is 20.5 Å². The first-order chi connectivity index (χ1) is 11.8. The summed E-state index contributed by atoms with van der Waals surface area (Å²) in [7, 11) is -3.54. The molecule has 2 aliphatic rings. The van der Waals surface area contributed by atoms with Gasteiger partial charge in [0.2, 0.25) is 0 Å². The van der Waals surface area contributed by atoms with Crippen molar-refractivity contribution in [2.24, 2.45) is 0 Å². The van der Waals surface area contributed by atoms with Crippen molar-refractivity contribution in [1.29, 1.82) is 0 Å². The van der Waals surface area contributed by atoms with E-state index in [0.717, 1.165) is 19.1 Å². The Morgan fingerprint density at radius 1 is 1.32 bits per heavy atom. The molecule has 0 unspecified atom stereocenters. The molecule has 1 aliphatic heterocycles. The van der Waals surface area contributed by atoms with Gasteiger partial charge >= 0.3 is 6.03 Å². The highest BCUT2D eigenvalue weighted by Gasteiger charge is 2.26. The smallest absolute Gasteiger partial charge is 0.326 e. The number of fused-ring (bicyclic) bond motifs is 1. The number of hydrogen-bond donors (Lipinski definition) is 3. The molecule has 2 fully saturated rings. The van der Waals surface area contributed by atoms with E-state index >= 15 is 0 Å². The summed E-state index contributed by atoms with van der Waals surface area (Å²) in [6, 6.07) is 1.10. The van der Waals surface area contributed by atoms with Crippen molar-refractivity contribution < 1.29 is 18.0 Å². The van der Waals surface area contributed by atoms with Gasteiger partial charge in [-0.3, -0.25) is 10.1 Å². The molecule has 1 saturated carbocycles. The summed E-state index contributed by atoms with van der Waals surface area (Å²) in [5.74, 6) is -0.0579. The van der Waals surface area contributed by atoms with E-state index in [0.29, 0.717) is 11.4 Å². The Balaban J connectivity index is 1.87. The molecule has 0 bridgehead atoms. The molecule has 2 aromatic rings. The van der Waals surface area contributed by atoms with Crippen molar-refractivity contribution in [2.75, 3.05) is 11.6 Å². The number of amides is 3. The first kappa shape index (κ1) is 15.6. The second kappa shape index (κ2) is 5.28. The predicted molar refractivity (Wildman–Crippen MR) is 87.4 cm³/mol. The number of hydrogen-bond acceptors (Lipinski definition) is 7. The normalized spacial score (nSPS) is 19.3. The number of rotatable bonds is 4. The zero-order chi connectivity index (χ0) is 17.8. The molecular weight excluding hydrogens is 348 g/mol. The lowest BCUT2D eigenvalue weighted by Gasteiger charge is -2.09. The Morgan fingerprint density at radius 2 is 2.08 bits per heavy atom. The van der Waals surface area contributed by atoms with Crippen LogP contribution in [0.4, 0.5) is 10.6 Å². The molecule has 0 atom stereocenters. The minimum Gasteiger partial charge on any atom is -0.367 e. The van der Waals surface area contributed by atoms with Gasteiger partial charge in [0.05, 0.1) is 6.20 Å². The zero-order valence-electron chi connectivity index (χ0n) is 13.1. The number of anilines is 1. The fraction of sp³-hybridized carbons (Fsp3) is 0.286. The average Bonchev–Trinajstić information content (AvgIpc) is 3.15. The number of nitrogens with one attached hydrogen (secondary N) is 3. The topological polar surface area (TPSA) is 135 Å². The fourth-order valence-electron chi connectivity index (χ4n) is 2.43. The number of sulfone groups is 1. The van der Waals surface area contributed by atoms with E-state index in [2.05, 4.69) is 26.0 Å². The number of aromatic nitrogens is 3. The van der Waals surface area contributed by atoms with Crippen molar-refractivity contribution >= 4 is 39.3 Å². The van der Waals surface area contributed by atoms with Crippen molar-refractivity contribution in [1.82, 2.24) is 25.2 Å². The molecule has 1 saturated heterocycles. The molecule has 130 valence electrons. The van der Waals surface area contributed by atoms with Crippen LogP contribution in [0.2, 0.25) is 0 Å². The largest absolute Gasteiger partial charge is 0.367 e. The predicted octanol–water partition coefficient (Wildman–Crippen LogP) is -0.113. The van der Waals surface area contributed by atoms with Gasteiger partial charge in [-0.15, -0.1) is 0 Å². The van der Waals surface area contributed by atoms with Gasteiger partial charge in [-0.1, -0.05) is 0 Å². The number of carbonyl (C=O) groups is 2. The summed E-state index contributed by atoms with van der Waals surface area (Å²) in [6.07, 6.45) is 5.94. The average molecular weight is 362 g/mol. The molecule has 25 heavy (non-hydrogen) atoms. The Morgan fingerprint density at radius 3 is 2.68 bits per heavy atom. The Bertz CT molecular complexity index is 1050. The quantitative estimate of drug-likeness (QED) is 0.392. The standard InChI is InChI=1S/C14H14N6O4S/c1-25(23,24)11-5-10(16-8-2-3-8)20-12(18-11)7(6-15-20)4-9-13(21)19-14(22)17-9/h4-6,8,16H,2-3H2,1H3,(H2,17,19,21,22). The van der Waals surface area contributed by atoms with Crippen molar-refractivity contribution in [3.63, 3.8) is 0 Å². The van der Waals surface area contributed by atoms with Crippen LogP contribution in [-0.2, 0) is 14.6 Å². The number of imide groups is 1. The van der Waals surface area contributed by atoms with E-state index < -0.39 is 21.8 Å². The summed E-state index contributed by atoms with van der Waals surface area (Å²) in [4.78, 5) is 27.1. The van der Waals surface area contributed by atoms with E-state index in [1.165, 1.54) is 22.9 Å². The van der Waals surface area contributed by atoms with Crippen LogP contribution in [0.5, 0.6) is 0 Å². The Kier molecular flexibility index (Phi) is 3.29. The van der Waals surface area contributed by atoms with Crippen LogP contribution in [-0.4, -0.2) is 47.3 Å². The summed E-state index contributed by atoms with van der Waals surface area (Å²) < 4.78 is 25.4. The molecule has 4 rings (SSSR count). The molecular formula is C14H14N6O4S. The highest BCUT2D eigenvalue weighted by atomic mass is 32.2. The fourth-order valence-corrected chi connectivity index (χ4v) is 3.00. The van der Waals surface area contributed by atoms with Gasteiger partial charge < -0.3 is 10.6 Å². The first-order valence-corrected chi connectivity index (χ1v) is 9.40. The van der Waals surface area contributed by atoms with Gasteiger partial charge in [-0.25, -0.2) is 18.2 Å². The van der Waals surface area contributed by atoms with Gasteiger partial charge in [-0.2, -0.15) is 9.61 Å². The van der Waals surface area contributed by atoms with Gasteiger partial charge in [0.1, 0.15) is 11.5 Å². The van der Waals surface area contributed by atoms with Crippen LogP contribution in [0.3, 0.4) is 0 Å². The minimum atomic E-state index is -3.54. The third-order valence-corrected chi connectivity index (χ3v) is 4.77. The number of carbonyl (C=O) groups excluding carboxylic acids is 2. The zero-order valence-corrected chi connectivity index (χ0v) is 13.9. The maximum atomic E-state index is 11.9. The van der Waals surface area contributed by atoms with Crippen LogP contribution >= 0.6 is 0 Å². The molecule has 1 aliphatic carbocycles. The van der Waals surface area contributed by atoms with E-state index in [9.17, 15) is 18.0 Å². The number of nitrogens with zero attached hydrogens (tertiary/aromatic N) is 3. The lowest BCUT2D eigenvalue weighted by molar-refractivity contribution is -0.115. The molecule has 0 spiro atoms. The maximum Gasteiger partial charge on any atom is 0.326 e. The van der Waals surface area contributed by atoms with Crippen molar-refractivity contribution in [2.45, 2.75) is 23.9 Å². The molecule has 0 radical (unpaired) electrons. The van der Waals surface area contributed by atoms with Crippen LogP contribution in [0, 0.1) is 0 Å². The molecule has 0 aromatic carbocycles. The number of urea groups is 1. The SMILES string of the molecule is CS(=O)(=O)c1cc(NC2CC2)n2ncc(C=C3NC(=O)NC3=O)c2n1. The van der Waals surface area contributed by atoms with Gasteiger partial charge in [0, 0.05) is 23.9 Å². The maximum absolute atomic E-state index is 11.9. The third kappa shape index (κ3) is 2.93. The van der Waals surface area contributed by atoms with E-state index in [1.54, 1.807) is 0 Å². The molecule has 3 N–H and O–H groups in total. The van der Waals surface area contributed by atoms with Crippen LogP contribution in [0.1, 0.15) is 18.4 Å². The lowest BCUT2D eigenvalue weighted by atomic mass is 10.2. The second-order valence-electron chi connectivity index (χ2n) is 5.97. The minimum absolute atomic E-state index is 0.0446.